The van der Waals surface area contributed by atoms with Gasteiger partial charge >= 0.3 is 77.6 Å². The Hall–Kier alpha value is -14.2. The highest BCUT2D eigenvalue weighted by atomic mass is 16.8. The second kappa shape index (κ2) is 43.1. The lowest BCUT2D eigenvalue weighted by Gasteiger charge is -2.32. The molecule has 0 aromatic heterocycles. The van der Waals surface area contributed by atoms with Gasteiger partial charge in [-0.2, -0.15) is 0 Å². The quantitative estimate of drug-likeness (QED) is 0.0267. The number of hydrogen-bond acceptors (Lipinski definition) is 32. The Morgan fingerprint density at radius 1 is 0.292 bits per heavy atom. The van der Waals surface area contributed by atoms with Gasteiger partial charge in [0.15, 0.2) is 73.8 Å². The predicted molar refractivity (Wildman–Crippen MR) is 450 cm³/mol. The van der Waals surface area contributed by atoms with Crippen LogP contribution in [0.2, 0.25) is 0 Å². The van der Waals surface area contributed by atoms with Gasteiger partial charge in [0, 0.05) is 6.92 Å². The van der Waals surface area contributed by atoms with Crippen LogP contribution in [0.4, 0.5) is 0 Å². The molecule has 0 saturated carbocycles. The molecule has 4 fully saturated rings. The summed E-state index contributed by atoms with van der Waals surface area (Å²) in [6.45, 7) is 6.02. The van der Waals surface area contributed by atoms with Gasteiger partial charge in [0.05, 0.1) is 67.5 Å². The van der Waals surface area contributed by atoms with Crippen molar-refractivity contribution in [3.63, 3.8) is 0 Å². The summed E-state index contributed by atoms with van der Waals surface area (Å²) in [4.78, 5) is 190. The van der Waals surface area contributed by atoms with E-state index in [2.05, 4.69) is 0 Å². The van der Waals surface area contributed by atoms with Crippen molar-refractivity contribution in [1.82, 2.24) is 0 Å². The Morgan fingerprint density at radius 3 is 0.969 bits per heavy atom. The molecule has 0 radical (unpaired) electrons. The Bertz CT molecular complexity index is 5410. The minimum atomic E-state index is -2.32. The SMILES string of the molecule is CC(=O)O[C@H]1[C@H]([C@@H](COC(=O)C(C)(C)C)O[C@@H]2O[C@@H]([C@@H](CO[C@@H]3O[C@@H]([C@@H](COC(=O)c4ccccc4)OC(=O)c4ccccc4)[C@H](OC(=O)c4ccccc4)[C@H]3OC(=O)c3ccccc3)O[C@H]3O[C@H](COC(=O)c4ccccc4)[C@@H](OC(=O)c4ccccc4)[C@@H]3OC(=O)c3ccccc3)[C@H](OC(=O)c3ccccc3)[C@H]2OC(=O)c2ccccc2)OC(=O)[C@@H]1OC(=O)C(C)(C)C. The smallest absolute Gasteiger partial charge is 0.352 e. The normalized spacial score (nSPS) is 22.8. The van der Waals surface area contributed by atoms with Gasteiger partial charge in [-0.25, -0.2) is 47.9 Å². The maximum atomic E-state index is 15.5. The predicted octanol–water partition coefficient (Wildman–Crippen LogP) is 11.6. The molecule has 32 heteroatoms. The second-order valence-electron chi connectivity index (χ2n) is 32.2. The summed E-state index contributed by atoms with van der Waals surface area (Å²) in [7, 11) is 0. The Labute approximate surface area is 745 Å². The van der Waals surface area contributed by atoms with Gasteiger partial charge in [-0.3, -0.25) is 14.4 Å². The van der Waals surface area contributed by atoms with Crippen molar-refractivity contribution < 1.29 is 152 Å². The van der Waals surface area contributed by atoms with E-state index >= 15 is 19.2 Å². The topological polar surface area (TPSA) is 397 Å². The number of carbonyl (C=O) groups is 13. The number of ether oxygens (including phenoxy) is 19. The van der Waals surface area contributed by atoms with E-state index in [1.54, 1.807) is 78.9 Å². The molecule has 4 aliphatic rings. The summed E-state index contributed by atoms with van der Waals surface area (Å²) in [6, 6.07) is 67.2. The monoisotopic (exact) mass is 1780 g/mol. The number of cyclic esters (lactones) is 1. The summed E-state index contributed by atoms with van der Waals surface area (Å²) in [5, 5.41) is 0. The van der Waals surface area contributed by atoms with Crippen LogP contribution in [-0.4, -0.2) is 214 Å². The minimum absolute atomic E-state index is 0.0345. The first kappa shape index (κ1) is 93.5. The van der Waals surface area contributed by atoms with Crippen LogP contribution in [-0.2, 0) is 109 Å². The van der Waals surface area contributed by atoms with Gasteiger partial charge in [0.1, 0.15) is 50.3 Å². The minimum Gasteiger partial charge on any atom is -0.462 e. The van der Waals surface area contributed by atoms with Crippen molar-refractivity contribution in [3.05, 3.63) is 323 Å². The molecule has 130 heavy (non-hydrogen) atoms. The summed E-state index contributed by atoms with van der Waals surface area (Å²) in [6.07, 6.45) is -37.3. The fraction of sp³-hybridized carbons (Fsp3) is 0.316. The van der Waals surface area contributed by atoms with Gasteiger partial charge in [-0.1, -0.05) is 164 Å². The fourth-order valence-electron chi connectivity index (χ4n) is 14.0. The number of hydrogen-bond donors (Lipinski definition) is 0. The molecule has 0 aliphatic carbocycles. The van der Waals surface area contributed by atoms with Gasteiger partial charge in [0.2, 0.25) is 6.10 Å². The molecule has 13 rings (SSSR count). The number of rotatable bonds is 34. The van der Waals surface area contributed by atoms with Gasteiger partial charge < -0.3 is 90.0 Å². The molecular formula is C98H92O32. The Balaban J connectivity index is 1.01. The summed E-state index contributed by atoms with van der Waals surface area (Å²) < 4.78 is 122. The van der Waals surface area contributed by atoms with Crippen molar-refractivity contribution in [3.8, 4) is 0 Å². The lowest BCUT2D eigenvalue weighted by atomic mass is 9.97. The van der Waals surface area contributed by atoms with Crippen molar-refractivity contribution in [2.24, 2.45) is 10.8 Å². The zero-order valence-corrected chi connectivity index (χ0v) is 71.3. The van der Waals surface area contributed by atoms with E-state index in [0.717, 1.165) is 6.92 Å². The Kier molecular flexibility index (Phi) is 31.0. The van der Waals surface area contributed by atoms with Crippen molar-refractivity contribution in [2.45, 2.75) is 159 Å². The van der Waals surface area contributed by atoms with Crippen LogP contribution in [0.25, 0.3) is 0 Å². The van der Waals surface area contributed by atoms with Crippen LogP contribution in [0.3, 0.4) is 0 Å². The fourth-order valence-corrected chi connectivity index (χ4v) is 14.0. The van der Waals surface area contributed by atoms with E-state index in [0.29, 0.717) is 0 Å². The van der Waals surface area contributed by atoms with E-state index < -0.39 is 225 Å². The van der Waals surface area contributed by atoms with Crippen molar-refractivity contribution >= 4 is 77.6 Å². The molecule has 9 aromatic carbocycles. The zero-order valence-electron chi connectivity index (χ0n) is 71.3. The first-order chi connectivity index (χ1) is 62.5. The number of benzene rings is 9. The van der Waals surface area contributed by atoms with Crippen LogP contribution in [0.5, 0.6) is 0 Å². The molecule has 0 amide bonds. The third-order valence-electron chi connectivity index (χ3n) is 20.6. The van der Waals surface area contributed by atoms with E-state index in [1.807, 2.05) is 0 Å². The van der Waals surface area contributed by atoms with Gasteiger partial charge in [0.25, 0.3) is 0 Å². The molecule has 4 aliphatic heterocycles. The average molecular weight is 1780 g/mol. The van der Waals surface area contributed by atoms with Crippen molar-refractivity contribution in [2.75, 3.05) is 26.4 Å². The van der Waals surface area contributed by atoms with Crippen LogP contribution in [0, 0.1) is 10.8 Å². The molecule has 0 unspecified atom stereocenters. The molecular weight excluding hydrogens is 1690 g/mol. The lowest BCUT2D eigenvalue weighted by molar-refractivity contribution is -0.268. The van der Waals surface area contributed by atoms with Gasteiger partial charge in [-0.05, 0) is 151 Å². The molecule has 0 spiro atoms. The molecule has 4 saturated heterocycles. The maximum Gasteiger partial charge on any atom is 0.352 e. The van der Waals surface area contributed by atoms with Crippen LogP contribution < -0.4 is 0 Å². The summed E-state index contributed by atoms with van der Waals surface area (Å²) >= 11 is 0. The zero-order chi connectivity index (χ0) is 92.2. The summed E-state index contributed by atoms with van der Waals surface area (Å²) in [5.74, 6) is -13.9. The first-order valence-electron chi connectivity index (χ1n) is 41.4. The first-order valence-corrected chi connectivity index (χ1v) is 41.4. The molecule has 0 bridgehead atoms. The van der Waals surface area contributed by atoms with Crippen LogP contribution >= 0.6 is 0 Å². The molecule has 9 aromatic rings. The highest BCUT2D eigenvalue weighted by Gasteiger charge is 2.62. The van der Waals surface area contributed by atoms with E-state index in [4.69, 9.17) is 90.0 Å². The van der Waals surface area contributed by atoms with E-state index in [9.17, 15) is 43.2 Å². The molecule has 18 atom stereocenters. The van der Waals surface area contributed by atoms with Gasteiger partial charge in [-0.15, -0.1) is 0 Å². The Morgan fingerprint density at radius 2 is 0.592 bits per heavy atom. The third-order valence-corrected chi connectivity index (χ3v) is 20.6. The molecule has 676 valence electrons. The van der Waals surface area contributed by atoms with Crippen molar-refractivity contribution in [1.29, 1.82) is 0 Å². The van der Waals surface area contributed by atoms with Crippen LogP contribution in [0.1, 0.15) is 142 Å². The highest BCUT2D eigenvalue weighted by Crippen LogP contribution is 2.41. The molecule has 4 heterocycles. The van der Waals surface area contributed by atoms with E-state index in [1.165, 1.54) is 236 Å². The molecule has 0 N–H and O–H groups in total. The second-order valence-corrected chi connectivity index (χ2v) is 32.2. The maximum absolute atomic E-state index is 15.5. The van der Waals surface area contributed by atoms with Crippen LogP contribution in [0.15, 0.2) is 273 Å². The number of carbonyl (C=O) groups excluding carboxylic acids is 13. The number of esters is 13. The lowest BCUT2D eigenvalue weighted by Crippen LogP contribution is -2.51. The average Bonchev–Trinajstić information content (AvgIpc) is 1.61. The van der Waals surface area contributed by atoms with E-state index in [-0.39, 0.29) is 50.1 Å². The summed E-state index contributed by atoms with van der Waals surface area (Å²) in [5.41, 5.74) is -3.21. The standard InChI is InChI=1S/C98H92O32/c1-57(99)116-75-71(122-91(109)78(75)130-96(111)98(5,6)7)70(56-115-95(110)97(2,3)4)120-94-81(127-90(108)66-51-33-16-34-52-66)77(124-87(105)63-45-27-13-28-46-63)73(129-94)69(119-93-79(125-88(106)64-47-29-14-30-48-64)74(121-85(103)61-41-23-11-24-42-61)68(118-93)54-113-83(101)59-37-19-9-20-38-59)55-114-92-80(126-89(107)65-49-31-15-32-50-65)76(123-86(104)62-43-25-12-26-44-62)72(128-92)67(117-84(102)60-39-21-10-22-40-60)53-112-82(100)58-35-17-8-18-36-58/h8-52,67-81,92-94H,53-56H2,1-7H3/t67-,68-,69-,70-,71+,72+,73+,74-,75+,76+,77+,78-,79+,80-,81-,92-,93-,94-/m1/s1. The third kappa shape index (κ3) is 24.0. The molecule has 32 nitrogen and oxygen atoms in total. The largest absolute Gasteiger partial charge is 0.462 e. The highest BCUT2D eigenvalue weighted by molar-refractivity contribution is 5.94.